The van der Waals surface area contributed by atoms with Gasteiger partial charge in [0, 0.05) is 0 Å². The second-order valence-corrected chi connectivity index (χ2v) is 5.54. The van der Waals surface area contributed by atoms with Crippen molar-refractivity contribution in [1.29, 1.82) is 0 Å². The monoisotopic (exact) mass is 291 g/mol. The van der Waals surface area contributed by atoms with E-state index in [0.717, 1.165) is 11.5 Å². The molecule has 0 fully saturated rings. The van der Waals surface area contributed by atoms with Gasteiger partial charge in [0.15, 0.2) is 11.5 Å². The standard InChI is InChI=1S/C16H21NO2S/c1-10-6-14(18-4)15(19-5)7-12(10)16(17-3)13-9-20-8-11(13)2/h6-9,16-17H,1-5H3. The number of thiophene rings is 1. The van der Waals surface area contributed by atoms with Crippen LogP contribution in [-0.2, 0) is 0 Å². The van der Waals surface area contributed by atoms with Gasteiger partial charge in [0.2, 0.25) is 0 Å². The minimum absolute atomic E-state index is 0.168. The van der Waals surface area contributed by atoms with Crippen molar-refractivity contribution in [2.45, 2.75) is 19.9 Å². The van der Waals surface area contributed by atoms with E-state index in [1.807, 2.05) is 13.1 Å². The van der Waals surface area contributed by atoms with Gasteiger partial charge in [0.1, 0.15) is 0 Å². The van der Waals surface area contributed by atoms with E-state index in [9.17, 15) is 0 Å². The molecular formula is C16H21NO2S. The van der Waals surface area contributed by atoms with Gasteiger partial charge in [-0.3, -0.25) is 0 Å². The van der Waals surface area contributed by atoms with E-state index in [-0.39, 0.29) is 6.04 Å². The molecule has 0 spiro atoms. The number of benzene rings is 1. The summed E-state index contributed by atoms with van der Waals surface area (Å²) in [6.45, 7) is 4.25. The molecule has 20 heavy (non-hydrogen) atoms. The Morgan fingerprint density at radius 3 is 2.10 bits per heavy atom. The second-order valence-electron chi connectivity index (χ2n) is 4.80. The quantitative estimate of drug-likeness (QED) is 0.911. The average Bonchev–Trinajstić information content (AvgIpc) is 2.87. The minimum atomic E-state index is 0.168. The number of ether oxygens (including phenoxy) is 2. The number of aryl methyl sites for hydroxylation is 2. The van der Waals surface area contributed by atoms with Crippen LogP contribution in [-0.4, -0.2) is 21.3 Å². The fourth-order valence-corrected chi connectivity index (χ4v) is 3.33. The van der Waals surface area contributed by atoms with E-state index in [4.69, 9.17) is 9.47 Å². The Hall–Kier alpha value is -1.52. The first-order valence-electron chi connectivity index (χ1n) is 6.54. The first-order chi connectivity index (χ1) is 9.62. The zero-order valence-electron chi connectivity index (χ0n) is 12.6. The van der Waals surface area contributed by atoms with Crippen LogP contribution >= 0.6 is 11.3 Å². The summed E-state index contributed by atoms with van der Waals surface area (Å²) in [7, 11) is 5.31. The van der Waals surface area contributed by atoms with Crippen LogP contribution in [0.1, 0.15) is 28.3 Å². The fraction of sp³-hybridized carbons (Fsp3) is 0.375. The van der Waals surface area contributed by atoms with Crippen molar-refractivity contribution in [3.8, 4) is 11.5 Å². The zero-order chi connectivity index (χ0) is 14.7. The van der Waals surface area contributed by atoms with E-state index in [2.05, 4.69) is 36.0 Å². The van der Waals surface area contributed by atoms with Crippen LogP contribution in [0.3, 0.4) is 0 Å². The normalized spacial score (nSPS) is 12.2. The van der Waals surface area contributed by atoms with Gasteiger partial charge in [-0.25, -0.2) is 0 Å². The van der Waals surface area contributed by atoms with Gasteiger partial charge in [-0.1, -0.05) is 0 Å². The summed E-state index contributed by atoms with van der Waals surface area (Å²) >= 11 is 1.73. The highest BCUT2D eigenvalue weighted by atomic mass is 32.1. The Kier molecular flexibility index (Phi) is 4.68. The molecular weight excluding hydrogens is 270 g/mol. The van der Waals surface area contributed by atoms with Crippen molar-refractivity contribution in [1.82, 2.24) is 5.32 Å². The summed E-state index contributed by atoms with van der Waals surface area (Å²) in [4.78, 5) is 0. The van der Waals surface area contributed by atoms with Gasteiger partial charge < -0.3 is 14.8 Å². The van der Waals surface area contributed by atoms with Crippen molar-refractivity contribution >= 4 is 11.3 Å². The maximum Gasteiger partial charge on any atom is 0.161 e. The van der Waals surface area contributed by atoms with Gasteiger partial charge in [0.25, 0.3) is 0 Å². The van der Waals surface area contributed by atoms with Crippen LogP contribution in [0.5, 0.6) is 11.5 Å². The first-order valence-corrected chi connectivity index (χ1v) is 7.49. The van der Waals surface area contributed by atoms with Crippen LogP contribution in [0.15, 0.2) is 22.9 Å². The lowest BCUT2D eigenvalue weighted by atomic mass is 9.94. The first kappa shape index (κ1) is 14.9. The third-order valence-electron chi connectivity index (χ3n) is 3.58. The van der Waals surface area contributed by atoms with Gasteiger partial charge in [-0.15, -0.1) is 0 Å². The molecule has 1 heterocycles. The molecule has 4 heteroatoms. The molecule has 0 amide bonds. The summed E-state index contributed by atoms with van der Waals surface area (Å²) < 4.78 is 10.8. The van der Waals surface area contributed by atoms with Crippen molar-refractivity contribution in [3.05, 3.63) is 45.1 Å². The van der Waals surface area contributed by atoms with Crippen molar-refractivity contribution in [2.24, 2.45) is 0 Å². The van der Waals surface area contributed by atoms with Crippen LogP contribution < -0.4 is 14.8 Å². The largest absolute Gasteiger partial charge is 0.493 e. The molecule has 0 aliphatic rings. The Morgan fingerprint density at radius 2 is 1.60 bits per heavy atom. The maximum absolute atomic E-state index is 5.42. The third-order valence-corrected chi connectivity index (χ3v) is 4.46. The third kappa shape index (κ3) is 2.67. The Balaban J connectivity index is 2.52. The molecule has 2 rings (SSSR count). The molecule has 1 N–H and O–H groups in total. The molecule has 0 bridgehead atoms. The molecule has 3 nitrogen and oxygen atoms in total. The highest BCUT2D eigenvalue weighted by molar-refractivity contribution is 7.08. The van der Waals surface area contributed by atoms with Gasteiger partial charge in [-0.2, -0.15) is 11.3 Å². The van der Waals surface area contributed by atoms with Gasteiger partial charge in [-0.05, 0) is 66.0 Å². The van der Waals surface area contributed by atoms with Gasteiger partial charge >= 0.3 is 0 Å². The highest BCUT2D eigenvalue weighted by Gasteiger charge is 2.19. The maximum atomic E-state index is 5.42. The van der Waals surface area contributed by atoms with E-state index >= 15 is 0 Å². The van der Waals surface area contributed by atoms with Crippen LogP contribution in [0, 0.1) is 13.8 Å². The Morgan fingerprint density at radius 1 is 0.950 bits per heavy atom. The van der Waals surface area contributed by atoms with Crippen molar-refractivity contribution in [3.63, 3.8) is 0 Å². The molecule has 0 saturated heterocycles. The molecule has 1 atom stereocenters. The topological polar surface area (TPSA) is 30.5 Å². The van der Waals surface area contributed by atoms with E-state index < -0.39 is 0 Å². The van der Waals surface area contributed by atoms with Gasteiger partial charge in [0.05, 0.1) is 20.3 Å². The zero-order valence-corrected chi connectivity index (χ0v) is 13.4. The van der Waals surface area contributed by atoms with Crippen LogP contribution in [0.25, 0.3) is 0 Å². The lowest BCUT2D eigenvalue weighted by molar-refractivity contribution is 0.354. The predicted octanol–water partition coefficient (Wildman–Crippen LogP) is 3.69. The molecule has 0 radical (unpaired) electrons. The molecule has 0 aliphatic heterocycles. The number of methoxy groups -OCH3 is 2. The van der Waals surface area contributed by atoms with Crippen LogP contribution in [0.4, 0.5) is 0 Å². The number of hydrogen-bond acceptors (Lipinski definition) is 4. The smallest absolute Gasteiger partial charge is 0.161 e. The summed E-state index contributed by atoms with van der Waals surface area (Å²) in [5, 5.41) is 7.78. The van der Waals surface area contributed by atoms with Crippen molar-refractivity contribution in [2.75, 3.05) is 21.3 Å². The summed E-state index contributed by atoms with van der Waals surface area (Å²) in [6, 6.07) is 4.26. The number of nitrogens with one attached hydrogen (secondary N) is 1. The Bertz CT molecular complexity index is 592. The molecule has 0 saturated carbocycles. The molecule has 2 aromatic rings. The highest BCUT2D eigenvalue weighted by Crippen LogP contribution is 2.36. The van der Waals surface area contributed by atoms with E-state index in [1.54, 1.807) is 25.6 Å². The molecule has 1 aromatic carbocycles. The Labute approximate surface area is 124 Å². The summed E-state index contributed by atoms with van der Waals surface area (Å²) in [5.41, 5.74) is 5.02. The average molecular weight is 291 g/mol. The lowest BCUT2D eigenvalue weighted by Crippen LogP contribution is -2.19. The summed E-state index contributed by atoms with van der Waals surface area (Å²) in [5.74, 6) is 1.53. The molecule has 1 unspecified atom stereocenters. The molecule has 0 aliphatic carbocycles. The number of rotatable bonds is 5. The lowest BCUT2D eigenvalue weighted by Gasteiger charge is -2.21. The van der Waals surface area contributed by atoms with E-state index in [1.165, 1.54) is 22.3 Å². The van der Waals surface area contributed by atoms with Crippen LogP contribution in [0.2, 0.25) is 0 Å². The minimum Gasteiger partial charge on any atom is -0.493 e. The molecule has 108 valence electrons. The molecule has 1 aromatic heterocycles. The SMILES string of the molecule is CNC(c1cscc1C)c1cc(OC)c(OC)cc1C. The summed E-state index contributed by atoms with van der Waals surface area (Å²) in [6.07, 6.45) is 0. The van der Waals surface area contributed by atoms with E-state index in [0.29, 0.717) is 0 Å². The number of hydrogen-bond donors (Lipinski definition) is 1. The van der Waals surface area contributed by atoms with Crippen molar-refractivity contribution < 1.29 is 9.47 Å². The predicted molar refractivity (Wildman–Crippen MR) is 84.2 cm³/mol. The second kappa shape index (κ2) is 6.29. The fourth-order valence-electron chi connectivity index (χ4n) is 2.45.